The fourth-order valence-corrected chi connectivity index (χ4v) is 4.56. The van der Waals surface area contributed by atoms with Crippen molar-refractivity contribution in [2.24, 2.45) is 5.92 Å². The molecule has 1 unspecified atom stereocenters. The van der Waals surface area contributed by atoms with Gasteiger partial charge in [0.05, 0.1) is 10.9 Å². The van der Waals surface area contributed by atoms with Crippen LogP contribution in [0.1, 0.15) is 26.3 Å². The molecule has 1 saturated carbocycles. The summed E-state index contributed by atoms with van der Waals surface area (Å²) < 4.78 is 1.10. The van der Waals surface area contributed by atoms with Gasteiger partial charge in [0, 0.05) is 22.7 Å². The summed E-state index contributed by atoms with van der Waals surface area (Å²) in [6, 6.07) is 5.18. The molecule has 0 radical (unpaired) electrons. The zero-order valence-corrected chi connectivity index (χ0v) is 15.2. The fourth-order valence-electron chi connectivity index (χ4n) is 2.33. The number of alkyl halides is 2. The lowest BCUT2D eigenvalue weighted by atomic mass is 10.2. The lowest BCUT2D eigenvalue weighted by molar-refractivity contribution is 0.519. The first-order chi connectivity index (χ1) is 10.3. The van der Waals surface area contributed by atoms with E-state index in [2.05, 4.69) is 4.98 Å². The van der Waals surface area contributed by atoms with E-state index in [1.807, 2.05) is 13.8 Å². The summed E-state index contributed by atoms with van der Waals surface area (Å²) in [5, 5.41) is 1.84. The van der Waals surface area contributed by atoms with Crippen molar-refractivity contribution in [2.75, 3.05) is 5.75 Å². The highest BCUT2D eigenvalue weighted by Crippen LogP contribution is 2.54. The summed E-state index contributed by atoms with van der Waals surface area (Å²) in [6.07, 6.45) is 0.786. The van der Waals surface area contributed by atoms with Crippen molar-refractivity contribution in [1.82, 2.24) is 9.55 Å². The molecule has 118 valence electrons. The summed E-state index contributed by atoms with van der Waals surface area (Å²) in [5.74, 6) is 0.992. The molecule has 0 bridgehead atoms. The van der Waals surface area contributed by atoms with Gasteiger partial charge in [0.15, 0.2) is 5.16 Å². The van der Waals surface area contributed by atoms with Crippen LogP contribution in [0.5, 0.6) is 0 Å². The highest BCUT2D eigenvalue weighted by Gasteiger charge is 2.51. The molecule has 1 aromatic carbocycles. The Balaban J connectivity index is 2.03. The van der Waals surface area contributed by atoms with Gasteiger partial charge in [-0.1, -0.05) is 23.4 Å². The van der Waals surface area contributed by atoms with Gasteiger partial charge in [-0.2, -0.15) is 0 Å². The van der Waals surface area contributed by atoms with Gasteiger partial charge in [0.2, 0.25) is 0 Å². The third-order valence-corrected chi connectivity index (χ3v) is 5.99. The third kappa shape index (κ3) is 3.12. The van der Waals surface area contributed by atoms with Crippen molar-refractivity contribution in [3.63, 3.8) is 0 Å². The highest BCUT2D eigenvalue weighted by molar-refractivity contribution is 7.99. The van der Waals surface area contributed by atoms with E-state index >= 15 is 0 Å². The summed E-state index contributed by atoms with van der Waals surface area (Å²) in [6.45, 7) is 3.94. The molecule has 1 atom stereocenters. The Morgan fingerprint density at radius 1 is 1.45 bits per heavy atom. The van der Waals surface area contributed by atoms with Crippen molar-refractivity contribution in [3.8, 4) is 0 Å². The number of fused-ring (bicyclic) bond motifs is 1. The summed E-state index contributed by atoms with van der Waals surface area (Å²) >= 11 is 19.7. The van der Waals surface area contributed by atoms with E-state index in [-0.39, 0.29) is 17.5 Å². The molecule has 1 aromatic heterocycles. The van der Waals surface area contributed by atoms with Crippen LogP contribution >= 0.6 is 46.6 Å². The molecule has 3 nitrogen and oxygen atoms in total. The molecule has 1 fully saturated rings. The minimum atomic E-state index is -0.615. The molecule has 7 heteroatoms. The van der Waals surface area contributed by atoms with Crippen LogP contribution in [0.2, 0.25) is 5.02 Å². The number of benzene rings is 1. The standard InChI is InChI=1S/C15H15Cl3N2OS/c1-8(2)20-13(21)11-4-3-10(16)5-12(11)19-14(20)22-7-9-6-15(9,17)18/h3-5,8-9H,6-7H2,1-2H3. The van der Waals surface area contributed by atoms with E-state index in [0.29, 0.717) is 21.1 Å². The van der Waals surface area contributed by atoms with Crippen molar-refractivity contribution in [2.45, 2.75) is 35.8 Å². The predicted octanol–water partition coefficient (Wildman–Crippen LogP) is 4.92. The minimum absolute atomic E-state index is 0.0264. The Hall–Kier alpha value is -0.420. The minimum Gasteiger partial charge on any atom is -0.285 e. The van der Waals surface area contributed by atoms with Gasteiger partial charge in [-0.25, -0.2) is 4.98 Å². The van der Waals surface area contributed by atoms with Crippen molar-refractivity contribution in [1.29, 1.82) is 0 Å². The maximum Gasteiger partial charge on any atom is 0.262 e. The van der Waals surface area contributed by atoms with Crippen LogP contribution in [0, 0.1) is 5.92 Å². The van der Waals surface area contributed by atoms with Crippen LogP contribution in [0.3, 0.4) is 0 Å². The zero-order chi connectivity index (χ0) is 16.1. The molecule has 3 rings (SSSR count). The molecule has 0 spiro atoms. The maximum atomic E-state index is 12.7. The molecule has 2 aromatic rings. The van der Waals surface area contributed by atoms with Gasteiger partial charge in [-0.3, -0.25) is 9.36 Å². The second-order valence-corrected chi connectivity index (χ2v) is 8.76. The molecule has 22 heavy (non-hydrogen) atoms. The molecule has 0 amide bonds. The van der Waals surface area contributed by atoms with Gasteiger partial charge >= 0.3 is 0 Å². The largest absolute Gasteiger partial charge is 0.285 e. The highest BCUT2D eigenvalue weighted by atomic mass is 35.5. The van der Waals surface area contributed by atoms with Crippen molar-refractivity contribution >= 4 is 57.5 Å². The van der Waals surface area contributed by atoms with E-state index in [0.717, 1.165) is 12.2 Å². The quantitative estimate of drug-likeness (QED) is 0.431. The van der Waals surface area contributed by atoms with Crippen molar-refractivity contribution in [3.05, 3.63) is 33.6 Å². The molecular weight excluding hydrogens is 363 g/mol. The molecule has 1 heterocycles. The lowest BCUT2D eigenvalue weighted by Crippen LogP contribution is -2.25. The molecule has 0 saturated heterocycles. The Labute approximate surface area is 148 Å². The number of aromatic nitrogens is 2. The monoisotopic (exact) mass is 376 g/mol. The number of nitrogens with zero attached hydrogens (tertiary/aromatic N) is 2. The normalized spacial score (nSPS) is 19.8. The number of halogens is 3. The summed E-state index contributed by atoms with van der Waals surface area (Å²) in [5.41, 5.74) is 0.577. The Bertz CT molecular complexity index is 788. The van der Waals surface area contributed by atoms with Crippen LogP contribution in [0.4, 0.5) is 0 Å². The van der Waals surface area contributed by atoms with Crippen LogP contribution in [-0.4, -0.2) is 19.6 Å². The average molecular weight is 378 g/mol. The first-order valence-electron chi connectivity index (χ1n) is 7.02. The third-order valence-electron chi connectivity index (χ3n) is 3.72. The Kier molecular flexibility index (Phi) is 4.41. The van der Waals surface area contributed by atoms with Gasteiger partial charge in [0.1, 0.15) is 4.33 Å². The van der Waals surface area contributed by atoms with Gasteiger partial charge in [-0.15, -0.1) is 23.2 Å². The van der Waals surface area contributed by atoms with E-state index < -0.39 is 4.33 Å². The lowest BCUT2D eigenvalue weighted by Gasteiger charge is -2.16. The first-order valence-corrected chi connectivity index (χ1v) is 9.14. The predicted molar refractivity (Wildman–Crippen MR) is 94.7 cm³/mol. The Morgan fingerprint density at radius 3 is 2.73 bits per heavy atom. The van der Waals surface area contributed by atoms with E-state index in [1.54, 1.807) is 22.8 Å². The number of rotatable bonds is 4. The van der Waals surface area contributed by atoms with Crippen molar-refractivity contribution < 1.29 is 0 Å². The zero-order valence-electron chi connectivity index (χ0n) is 12.1. The smallest absolute Gasteiger partial charge is 0.262 e. The molecule has 1 aliphatic carbocycles. The molecule has 1 aliphatic rings. The molecule has 0 N–H and O–H groups in total. The number of hydrogen-bond acceptors (Lipinski definition) is 3. The van der Waals surface area contributed by atoms with Gasteiger partial charge < -0.3 is 0 Å². The van der Waals surface area contributed by atoms with E-state index in [1.165, 1.54) is 11.8 Å². The second-order valence-electron chi connectivity index (χ2n) is 5.80. The molecule has 0 aliphatic heterocycles. The van der Waals surface area contributed by atoms with Gasteiger partial charge in [0.25, 0.3) is 5.56 Å². The first kappa shape index (κ1) is 16.4. The van der Waals surface area contributed by atoms with Crippen LogP contribution in [0.25, 0.3) is 10.9 Å². The summed E-state index contributed by atoms with van der Waals surface area (Å²) in [7, 11) is 0. The topological polar surface area (TPSA) is 34.9 Å². The molecular formula is C15H15Cl3N2OS. The second kappa shape index (κ2) is 5.90. The van der Waals surface area contributed by atoms with E-state index in [9.17, 15) is 4.79 Å². The fraction of sp³-hybridized carbons (Fsp3) is 0.467. The van der Waals surface area contributed by atoms with Crippen LogP contribution in [-0.2, 0) is 0 Å². The van der Waals surface area contributed by atoms with E-state index in [4.69, 9.17) is 34.8 Å². The number of hydrogen-bond donors (Lipinski definition) is 0. The average Bonchev–Trinajstić information content (AvgIpc) is 3.03. The Morgan fingerprint density at radius 2 is 2.14 bits per heavy atom. The summed E-state index contributed by atoms with van der Waals surface area (Å²) in [4.78, 5) is 17.3. The van der Waals surface area contributed by atoms with Crippen LogP contribution < -0.4 is 5.56 Å². The SMILES string of the molecule is CC(C)n1c(SCC2CC2(Cl)Cl)nc2cc(Cl)ccc2c1=O. The van der Waals surface area contributed by atoms with Gasteiger partial charge in [-0.05, 0) is 38.5 Å². The number of thioether (sulfide) groups is 1. The maximum absolute atomic E-state index is 12.7. The van der Waals surface area contributed by atoms with Crippen LogP contribution in [0.15, 0.2) is 28.2 Å².